The summed E-state index contributed by atoms with van der Waals surface area (Å²) in [6.07, 6.45) is 1.46. The molecule has 0 saturated heterocycles. The lowest BCUT2D eigenvalue weighted by Crippen LogP contribution is -2.39. The van der Waals surface area contributed by atoms with Crippen LogP contribution < -0.4 is 19.2 Å². The van der Waals surface area contributed by atoms with E-state index in [9.17, 15) is 13.2 Å². The van der Waals surface area contributed by atoms with Crippen molar-refractivity contribution in [3.8, 4) is 11.5 Å². The first-order valence-corrected chi connectivity index (χ1v) is 14.3. The molecule has 0 aliphatic heterocycles. The van der Waals surface area contributed by atoms with Crippen LogP contribution in [0.5, 0.6) is 11.5 Å². The molecule has 0 bridgehead atoms. The van der Waals surface area contributed by atoms with Crippen LogP contribution >= 0.6 is 11.6 Å². The predicted octanol–water partition coefficient (Wildman–Crippen LogP) is 5.66. The van der Waals surface area contributed by atoms with Crippen LogP contribution in [0.4, 0.5) is 5.69 Å². The highest BCUT2D eigenvalue weighted by Gasteiger charge is 2.29. The molecule has 1 amide bonds. The van der Waals surface area contributed by atoms with Gasteiger partial charge in [-0.1, -0.05) is 60.1 Å². The van der Waals surface area contributed by atoms with Gasteiger partial charge in [-0.3, -0.25) is 9.10 Å². The van der Waals surface area contributed by atoms with Crippen LogP contribution in [0.1, 0.15) is 18.1 Å². The van der Waals surface area contributed by atoms with E-state index < -0.39 is 22.5 Å². The van der Waals surface area contributed by atoms with E-state index in [-0.39, 0.29) is 10.6 Å². The molecular weight excluding hydrogens is 550 g/mol. The Morgan fingerprint density at radius 1 is 0.900 bits per heavy atom. The van der Waals surface area contributed by atoms with Gasteiger partial charge in [0.25, 0.3) is 15.9 Å². The number of carbonyl (C=O) groups excluding carboxylic acids is 1. The number of para-hydroxylation sites is 2. The second kappa shape index (κ2) is 13.6. The van der Waals surface area contributed by atoms with E-state index in [0.29, 0.717) is 35.3 Å². The number of amides is 1. The van der Waals surface area contributed by atoms with E-state index in [1.54, 1.807) is 73.7 Å². The Hall–Kier alpha value is -4.34. The molecule has 8 nitrogen and oxygen atoms in total. The summed E-state index contributed by atoms with van der Waals surface area (Å²) in [5.74, 6) is 0.371. The number of benzene rings is 4. The zero-order valence-corrected chi connectivity index (χ0v) is 23.3. The molecule has 0 unspecified atom stereocenters. The summed E-state index contributed by atoms with van der Waals surface area (Å²) in [7, 11) is -4.08. The molecule has 0 spiro atoms. The molecule has 0 saturated carbocycles. The lowest BCUT2D eigenvalue weighted by atomic mass is 10.2. The molecule has 0 heterocycles. The molecule has 0 fully saturated rings. The molecule has 40 heavy (non-hydrogen) atoms. The van der Waals surface area contributed by atoms with Gasteiger partial charge in [0.05, 0.1) is 23.4 Å². The Labute approximate surface area is 238 Å². The Morgan fingerprint density at radius 3 is 2.30 bits per heavy atom. The van der Waals surface area contributed by atoms with Crippen LogP contribution in [0.2, 0.25) is 5.02 Å². The number of nitrogens with one attached hydrogen (secondary N) is 1. The Morgan fingerprint density at radius 2 is 1.57 bits per heavy atom. The monoisotopic (exact) mass is 577 g/mol. The van der Waals surface area contributed by atoms with Crippen molar-refractivity contribution in [2.45, 2.75) is 18.4 Å². The summed E-state index contributed by atoms with van der Waals surface area (Å²) in [4.78, 5) is 12.9. The van der Waals surface area contributed by atoms with Crippen molar-refractivity contribution in [1.82, 2.24) is 5.43 Å². The highest BCUT2D eigenvalue weighted by atomic mass is 35.5. The zero-order chi connectivity index (χ0) is 28.4. The van der Waals surface area contributed by atoms with Gasteiger partial charge in [0.15, 0.2) is 0 Å². The fourth-order valence-corrected chi connectivity index (χ4v) is 5.37. The number of halogens is 1. The number of hydrazone groups is 1. The number of ether oxygens (including phenoxy) is 2. The topological polar surface area (TPSA) is 97.3 Å². The van der Waals surface area contributed by atoms with Crippen molar-refractivity contribution in [3.63, 3.8) is 0 Å². The van der Waals surface area contributed by atoms with Crippen molar-refractivity contribution in [1.29, 1.82) is 0 Å². The summed E-state index contributed by atoms with van der Waals surface area (Å²) in [5, 5.41) is 4.64. The smallest absolute Gasteiger partial charge is 0.264 e. The van der Waals surface area contributed by atoms with Gasteiger partial charge < -0.3 is 9.47 Å². The molecule has 0 atom stereocenters. The first-order valence-electron chi connectivity index (χ1n) is 12.5. The number of hydrogen-bond acceptors (Lipinski definition) is 6. The fraction of sp³-hybridized carbons (Fsp3) is 0.133. The average Bonchev–Trinajstić information content (AvgIpc) is 2.97. The van der Waals surface area contributed by atoms with E-state index in [4.69, 9.17) is 21.1 Å². The molecule has 4 aromatic carbocycles. The van der Waals surface area contributed by atoms with Crippen molar-refractivity contribution < 1.29 is 22.7 Å². The molecule has 0 aromatic heterocycles. The van der Waals surface area contributed by atoms with Crippen molar-refractivity contribution >= 4 is 39.4 Å². The minimum Gasteiger partial charge on any atom is -0.492 e. The SMILES string of the molecule is CCOc1ccccc1N(CC(=O)N/N=C\c1ccc(OCc2ccccc2Cl)cc1)S(=O)(=O)c1ccccc1. The molecular formula is C30H28ClN3O5S. The second-order valence-corrected chi connectivity index (χ2v) is 10.7. The Bertz CT molecular complexity index is 1560. The largest absolute Gasteiger partial charge is 0.492 e. The lowest BCUT2D eigenvalue weighted by molar-refractivity contribution is -0.119. The van der Waals surface area contributed by atoms with Gasteiger partial charge in [0.1, 0.15) is 24.7 Å². The maximum absolute atomic E-state index is 13.5. The van der Waals surface area contributed by atoms with Gasteiger partial charge in [0, 0.05) is 10.6 Å². The van der Waals surface area contributed by atoms with E-state index in [1.807, 2.05) is 24.3 Å². The van der Waals surface area contributed by atoms with Gasteiger partial charge in [0.2, 0.25) is 0 Å². The maximum atomic E-state index is 13.5. The van der Waals surface area contributed by atoms with E-state index in [0.717, 1.165) is 9.87 Å². The maximum Gasteiger partial charge on any atom is 0.264 e. The highest BCUT2D eigenvalue weighted by molar-refractivity contribution is 7.92. The third kappa shape index (κ3) is 7.40. The van der Waals surface area contributed by atoms with Crippen molar-refractivity contribution in [3.05, 3.63) is 119 Å². The molecule has 0 radical (unpaired) electrons. The van der Waals surface area contributed by atoms with Crippen LogP contribution in [-0.2, 0) is 21.4 Å². The minimum absolute atomic E-state index is 0.0504. The fourth-order valence-electron chi connectivity index (χ4n) is 3.73. The summed E-state index contributed by atoms with van der Waals surface area (Å²) in [6.45, 7) is 1.95. The predicted molar refractivity (Wildman–Crippen MR) is 157 cm³/mol. The van der Waals surface area contributed by atoms with Crippen LogP contribution in [0.25, 0.3) is 0 Å². The average molecular weight is 578 g/mol. The summed E-state index contributed by atoms with van der Waals surface area (Å²) >= 11 is 6.17. The van der Waals surface area contributed by atoms with Gasteiger partial charge in [-0.15, -0.1) is 0 Å². The first kappa shape index (κ1) is 28.7. The van der Waals surface area contributed by atoms with E-state index in [2.05, 4.69) is 10.5 Å². The minimum atomic E-state index is -4.08. The van der Waals surface area contributed by atoms with Gasteiger partial charge >= 0.3 is 0 Å². The molecule has 206 valence electrons. The molecule has 4 rings (SSSR count). The first-order chi connectivity index (χ1) is 19.4. The third-order valence-electron chi connectivity index (χ3n) is 5.69. The van der Waals surface area contributed by atoms with Gasteiger partial charge in [-0.2, -0.15) is 5.10 Å². The van der Waals surface area contributed by atoms with E-state index in [1.165, 1.54) is 18.3 Å². The molecule has 0 aliphatic carbocycles. The van der Waals surface area contributed by atoms with Gasteiger partial charge in [-0.05, 0) is 67.1 Å². The van der Waals surface area contributed by atoms with Crippen LogP contribution in [0, 0.1) is 0 Å². The zero-order valence-electron chi connectivity index (χ0n) is 21.7. The number of rotatable bonds is 12. The van der Waals surface area contributed by atoms with Crippen LogP contribution in [0.3, 0.4) is 0 Å². The third-order valence-corrected chi connectivity index (χ3v) is 7.83. The number of carbonyl (C=O) groups is 1. The van der Waals surface area contributed by atoms with Gasteiger partial charge in [-0.25, -0.2) is 13.8 Å². The quantitative estimate of drug-likeness (QED) is 0.173. The highest BCUT2D eigenvalue weighted by Crippen LogP contribution is 2.32. The second-order valence-electron chi connectivity index (χ2n) is 8.47. The number of nitrogens with zero attached hydrogens (tertiary/aromatic N) is 2. The van der Waals surface area contributed by atoms with Crippen molar-refractivity contribution in [2.75, 3.05) is 17.5 Å². The summed E-state index contributed by atoms with van der Waals surface area (Å²) in [6, 6.07) is 29.2. The lowest BCUT2D eigenvalue weighted by Gasteiger charge is -2.25. The summed E-state index contributed by atoms with van der Waals surface area (Å²) < 4.78 is 39.5. The van der Waals surface area contributed by atoms with Crippen LogP contribution in [0.15, 0.2) is 113 Å². The van der Waals surface area contributed by atoms with Crippen molar-refractivity contribution in [2.24, 2.45) is 5.10 Å². The number of sulfonamides is 1. The Balaban J connectivity index is 1.44. The summed E-state index contributed by atoms with van der Waals surface area (Å²) in [5.41, 5.74) is 4.25. The number of anilines is 1. The Kier molecular flexibility index (Phi) is 9.77. The molecule has 0 aliphatic rings. The molecule has 4 aromatic rings. The normalized spacial score (nSPS) is 11.2. The molecule has 10 heteroatoms. The van der Waals surface area contributed by atoms with E-state index >= 15 is 0 Å². The molecule has 1 N–H and O–H groups in total. The number of hydrogen-bond donors (Lipinski definition) is 1. The standard InChI is InChI=1S/C30H28ClN3O5S/c1-2-38-29-15-9-8-14-28(29)34(40(36,37)26-11-4-3-5-12-26)21-30(35)33-32-20-23-16-18-25(19-17-23)39-22-24-10-6-7-13-27(24)31/h3-20H,2,21-22H2,1H3,(H,33,35)/b32-20-. The van der Waals surface area contributed by atoms with Crippen LogP contribution in [-0.4, -0.2) is 33.7 Å².